The molecule has 0 spiro atoms. The van der Waals surface area contributed by atoms with E-state index in [4.69, 9.17) is 18.9 Å². The second kappa shape index (κ2) is 11.1. The van der Waals surface area contributed by atoms with Crippen LogP contribution in [-0.4, -0.2) is 75.4 Å². The molecule has 196 valence electrons. The molecule has 0 unspecified atom stereocenters. The zero-order valence-corrected chi connectivity index (χ0v) is 21.4. The molecule has 9 nitrogen and oxygen atoms in total. The zero-order valence-electron chi connectivity index (χ0n) is 21.4. The van der Waals surface area contributed by atoms with Crippen LogP contribution in [0.25, 0.3) is 0 Å². The van der Waals surface area contributed by atoms with E-state index in [1.54, 1.807) is 32.4 Å². The summed E-state index contributed by atoms with van der Waals surface area (Å²) in [5, 5.41) is 2.97. The zero-order chi connectivity index (χ0) is 25.8. The molecule has 3 aliphatic rings. The highest BCUT2D eigenvalue weighted by molar-refractivity contribution is 5.95. The van der Waals surface area contributed by atoms with Gasteiger partial charge in [0.2, 0.25) is 6.79 Å². The molecule has 0 aromatic heterocycles. The Bertz CT molecular complexity index is 1210. The Balaban J connectivity index is 1.10. The number of fused-ring (bicyclic) bond motifs is 2. The Morgan fingerprint density at radius 3 is 2.57 bits per heavy atom. The van der Waals surface area contributed by atoms with Gasteiger partial charge in [0, 0.05) is 50.4 Å². The van der Waals surface area contributed by atoms with Gasteiger partial charge in [-0.15, -0.1) is 0 Å². The molecule has 0 aliphatic carbocycles. The number of ether oxygens (including phenoxy) is 4. The van der Waals surface area contributed by atoms with Gasteiger partial charge < -0.3 is 29.2 Å². The number of rotatable bonds is 8. The number of hydrogen-bond acceptors (Lipinski definition) is 7. The lowest BCUT2D eigenvalue weighted by atomic mass is 9.97. The summed E-state index contributed by atoms with van der Waals surface area (Å²) in [4.78, 5) is 30.0. The van der Waals surface area contributed by atoms with Gasteiger partial charge in [0.05, 0.1) is 14.2 Å². The highest BCUT2D eigenvalue weighted by Crippen LogP contribution is 2.34. The summed E-state index contributed by atoms with van der Waals surface area (Å²) in [7, 11) is 3.26. The monoisotopic (exact) mass is 507 g/mol. The average Bonchev–Trinajstić information content (AvgIpc) is 3.42. The summed E-state index contributed by atoms with van der Waals surface area (Å²) >= 11 is 0. The van der Waals surface area contributed by atoms with Crippen molar-refractivity contribution in [1.29, 1.82) is 0 Å². The normalized spacial score (nSPS) is 16.6. The van der Waals surface area contributed by atoms with Crippen molar-refractivity contribution in [3.63, 3.8) is 0 Å². The van der Waals surface area contributed by atoms with E-state index in [0.29, 0.717) is 49.0 Å². The van der Waals surface area contributed by atoms with Crippen molar-refractivity contribution in [1.82, 2.24) is 15.1 Å². The molecule has 1 N–H and O–H groups in total. The predicted octanol–water partition coefficient (Wildman–Crippen LogP) is 2.77. The third-order valence-corrected chi connectivity index (χ3v) is 7.08. The minimum atomic E-state index is -0.132. The van der Waals surface area contributed by atoms with E-state index in [-0.39, 0.29) is 18.6 Å². The summed E-state index contributed by atoms with van der Waals surface area (Å²) in [5.41, 5.74) is 3.70. The molecule has 9 heteroatoms. The number of hydrogen-bond donors (Lipinski definition) is 1. The van der Waals surface area contributed by atoms with Crippen LogP contribution < -0.4 is 24.3 Å². The summed E-state index contributed by atoms with van der Waals surface area (Å²) in [5.74, 6) is 2.63. The second-order valence-corrected chi connectivity index (χ2v) is 9.42. The molecule has 2 aromatic carbocycles. The van der Waals surface area contributed by atoms with Crippen LogP contribution in [-0.2, 0) is 17.8 Å². The van der Waals surface area contributed by atoms with Crippen LogP contribution in [0.5, 0.6) is 23.0 Å². The molecule has 0 bridgehead atoms. The molecule has 2 aromatic rings. The van der Waals surface area contributed by atoms with Crippen LogP contribution in [0.1, 0.15) is 34.3 Å². The molecule has 37 heavy (non-hydrogen) atoms. The lowest BCUT2D eigenvalue weighted by Gasteiger charge is -2.33. The van der Waals surface area contributed by atoms with Gasteiger partial charge in [-0.05, 0) is 60.7 Å². The van der Waals surface area contributed by atoms with E-state index in [1.165, 1.54) is 5.56 Å². The van der Waals surface area contributed by atoms with Crippen LogP contribution in [0.4, 0.5) is 0 Å². The first kappa shape index (κ1) is 25.0. The Hall–Kier alpha value is -3.72. The molecule has 5 rings (SSSR count). The maximum Gasteiger partial charge on any atom is 0.251 e. The fourth-order valence-corrected chi connectivity index (χ4v) is 5.06. The Morgan fingerprint density at radius 1 is 0.973 bits per heavy atom. The lowest BCUT2D eigenvalue weighted by molar-refractivity contribution is -0.128. The van der Waals surface area contributed by atoms with Gasteiger partial charge in [-0.2, -0.15) is 0 Å². The number of nitrogens with zero attached hydrogens (tertiary/aromatic N) is 2. The van der Waals surface area contributed by atoms with Crippen LogP contribution in [0.3, 0.4) is 0 Å². The van der Waals surface area contributed by atoms with E-state index in [1.807, 2.05) is 17.0 Å². The van der Waals surface area contributed by atoms with Crippen LogP contribution in [0.15, 0.2) is 42.0 Å². The number of nitrogens with one attached hydrogen (secondary N) is 1. The number of carbonyl (C=O) groups excluding carboxylic acids is 2. The molecule has 0 saturated carbocycles. The van der Waals surface area contributed by atoms with Crippen molar-refractivity contribution in [3.05, 3.63) is 58.7 Å². The van der Waals surface area contributed by atoms with Crippen molar-refractivity contribution >= 4 is 11.8 Å². The van der Waals surface area contributed by atoms with Gasteiger partial charge in [-0.3, -0.25) is 14.5 Å². The summed E-state index contributed by atoms with van der Waals surface area (Å²) in [6, 6.07) is 9.19. The molecule has 0 saturated heterocycles. The van der Waals surface area contributed by atoms with Crippen LogP contribution in [0, 0.1) is 0 Å². The predicted molar refractivity (Wildman–Crippen MR) is 137 cm³/mol. The molecule has 3 aliphatic heterocycles. The minimum absolute atomic E-state index is 0.0984. The molecule has 2 amide bonds. The van der Waals surface area contributed by atoms with Crippen LogP contribution in [0.2, 0.25) is 0 Å². The smallest absolute Gasteiger partial charge is 0.251 e. The SMILES string of the molecule is COc1cc2c(cc1OC)CN(C(=O)C1=CCCN(CCCNC(=O)c3ccc4c(c3)OCO4)C1)CC2. The van der Waals surface area contributed by atoms with Gasteiger partial charge in [-0.1, -0.05) is 6.08 Å². The molecular weight excluding hydrogens is 474 g/mol. The third-order valence-electron chi connectivity index (χ3n) is 7.08. The number of carbonyl (C=O) groups is 2. The first-order valence-corrected chi connectivity index (χ1v) is 12.7. The number of amides is 2. The van der Waals surface area contributed by atoms with Gasteiger partial charge in [0.15, 0.2) is 23.0 Å². The van der Waals surface area contributed by atoms with Crippen LogP contribution >= 0.6 is 0 Å². The Kier molecular flexibility index (Phi) is 7.50. The van der Waals surface area contributed by atoms with Crippen molar-refractivity contribution in [2.75, 3.05) is 53.7 Å². The average molecular weight is 508 g/mol. The first-order valence-electron chi connectivity index (χ1n) is 12.7. The number of methoxy groups -OCH3 is 2. The van der Waals surface area contributed by atoms with Crippen molar-refractivity contribution in [3.8, 4) is 23.0 Å². The molecule has 0 atom stereocenters. The Morgan fingerprint density at radius 2 is 1.76 bits per heavy atom. The first-order chi connectivity index (χ1) is 18.1. The fourth-order valence-electron chi connectivity index (χ4n) is 5.06. The highest BCUT2D eigenvalue weighted by atomic mass is 16.7. The maximum absolute atomic E-state index is 13.3. The van der Waals surface area contributed by atoms with E-state index in [9.17, 15) is 9.59 Å². The van der Waals surface area contributed by atoms with Crippen molar-refractivity contribution in [2.45, 2.75) is 25.8 Å². The van der Waals surface area contributed by atoms with Gasteiger partial charge in [0.1, 0.15) is 0 Å². The number of benzene rings is 2. The molecule has 0 radical (unpaired) electrons. The van der Waals surface area contributed by atoms with Gasteiger partial charge in [-0.25, -0.2) is 0 Å². The topological polar surface area (TPSA) is 89.6 Å². The lowest BCUT2D eigenvalue weighted by Crippen LogP contribution is -2.41. The van der Waals surface area contributed by atoms with Gasteiger partial charge in [0.25, 0.3) is 11.8 Å². The molecule has 3 heterocycles. The highest BCUT2D eigenvalue weighted by Gasteiger charge is 2.27. The van der Waals surface area contributed by atoms with Gasteiger partial charge >= 0.3 is 0 Å². The quantitative estimate of drug-likeness (QED) is 0.550. The molecular formula is C28H33N3O6. The largest absolute Gasteiger partial charge is 0.493 e. The van der Waals surface area contributed by atoms with Crippen molar-refractivity contribution in [2.24, 2.45) is 0 Å². The summed E-state index contributed by atoms with van der Waals surface area (Å²) in [6.45, 7) is 4.35. The summed E-state index contributed by atoms with van der Waals surface area (Å²) in [6.07, 6.45) is 4.52. The fraction of sp³-hybridized carbons (Fsp3) is 0.429. The van der Waals surface area contributed by atoms with Crippen molar-refractivity contribution < 1.29 is 28.5 Å². The standard InChI is InChI=1S/C28H33N3O6/c1-34-24-13-19-8-12-31(17-22(19)15-25(24)35-2)28(33)21-5-3-10-30(16-21)11-4-9-29-27(32)20-6-7-23-26(14-20)37-18-36-23/h5-7,13-15H,3-4,8-12,16-18H2,1-2H3,(H,29,32). The maximum atomic E-state index is 13.3. The second-order valence-electron chi connectivity index (χ2n) is 9.42. The van der Waals surface area contributed by atoms with E-state index in [2.05, 4.69) is 16.3 Å². The summed E-state index contributed by atoms with van der Waals surface area (Å²) < 4.78 is 21.5. The third kappa shape index (κ3) is 5.51. The van der Waals surface area contributed by atoms with E-state index < -0.39 is 0 Å². The Labute approximate surface area is 216 Å². The molecule has 0 fully saturated rings. The van der Waals surface area contributed by atoms with E-state index >= 15 is 0 Å². The van der Waals surface area contributed by atoms with E-state index in [0.717, 1.165) is 49.2 Å². The minimum Gasteiger partial charge on any atom is -0.493 e.